The lowest BCUT2D eigenvalue weighted by molar-refractivity contribution is -0.274. The number of ether oxygens (including phenoxy) is 2. The van der Waals surface area contributed by atoms with Gasteiger partial charge in [0.1, 0.15) is 23.5 Å². The van der Waals surface area contributed by atoms with Gasteiger partial charge in [-0.15, -0.1) is 19.8 Å². The smallest absolute Gasteiger partial charge is 0.504 e. The lowest BCUT2D eigenvalue weighted by atomic mass is 9.48. The highest BCUT2D eigenvalue weighted by atomic mass is 19.4. The van der Waals surface area contributed by atoms with E-state index in [9.17, 15) is 33.0 Å². The quantitative estimate of drug-likeness (QED) is 0.403. The van der Waals surface area contributed by atoms with E-state index in [1.54, 1.807) is 25.3 Å². The van der Waals surface area contributed by atoms with Gasteiger partial charge in [0.25, 0.3) is 0 Å². The molecular formula is C30H29F3N2O6. The van der Waals surface area contributed by atoms with Crippen molar-refractivity contribution in [3.05, 3.63) is 71.8 Å². The molecule has 1 saturated carbocycles. The summed E-state index contributed by atoms with van der Waals surface area (Å²) in [4.78, 5) is 30.6. The Kier molecular flexibility index (Phi) is 6.24. The Hall–Kier alpha value is -3.83. The summed E-state index contributed by atoms with van der Waals surface area (Å²) in [6.45, 7) is 4.71. The number of carbonyl (C=O) groups excluding carboxylic acids is 2. The maximum absolute atomic E-state index is 13.8. The highest BCUT2D eigenvalue weighted by Crippen LogP contribution is 2.65. The molecule has 0 aromatic heterocycles. The van der Waals surface area contributed by atoms with Gasteiger partial charge in [0, 0.05) is 37.3 Å². The van der Waals surface area contributed by atoms with Crippen LogP contribution in [-0.4, -0.2) is 82.0 Å². The Morgan fingerprint density at radius 3 is 2.80 bits per heavy atom. The Bertz CT molecular complexity index is 1470. The molecule has 41 heavy (non-hydrogen) atoms. The van der Waals surface area contributed by atoms with Gasteiger partial charge < -0.3 is 24.6 Å². The first kappa shape index (κ1) is 27.3. The van der Waals surface area contributed by atoms with Gasteiger partial charge in [-0.2, -0.15) is 0 Å². The van der Waals surface area contributed by atoms with Crippen molar-refractivity contribution in [2.24, 2.45) is 0 Å². The number of nitrogens with zero attached hydrogens (tertiary/aromatic N) is 2. The zero-order chi connectivity index (χ0) is 29.3. The largest absolute Gasteiger partial charge is 0.573 e. The number of halogens is 3. The normalized spacial score (nSPS) is 30.1. The molecule has 6 rings (SSSR count). The zero-order valence-corrected chi connectivity index (χ0v) is 22.2. The van der Waals surface area contributed by atoms with Crippen molar-refractivity contribution < 1.29 is 42.4 Å². The summed E-state index contributed by atoms with van der Waals surface area (Å²) in [5, 5.41) is 23.1. The third-order valence-corrected chi connectivity index (χ3v) is 9.10. The Labute approximate surface area is 234 Å². The number of piperidine rings is 1. The second kappa shape index (κ2) is 9.35. The minimum atomic E-state index is -4.83. The fourth-order valence-electron chi connectivity index (χ4n) is 7.49. The average molecular weight is 571 g/mol. The van der Waals surface area contributed by atoms with E-state index in [1.807, 2.05) is 4.90 Å². The molecular weight excluding hydrogens is 541 g/mol. The molecule has 2 aliphatic heterocycles. The molecule has 1 saturated heterocycles. The van der Waals surface area contributed by atoms with Gasteiger partial charge >= 0.3 is 6.36 Å². The summed E-state index contributed by atoms with van der Waals surface area (Å²) in [5.74, 6) is -1.02. The summed E-state index contributed by atoms with van der Waals surface area (Å²) in [5.41, 5.74) is -1.27. The van der Waals surface area contributed by atoms with Crippen molar-refractivity contribution in [2.75, 3.05) is 20.1 Å². The van der Waals surface area contributed by atoms with Crippen molar-refractivity contribution in [2.45, 2.75) is 54.8 Å². The van der Waals surface area contributed by atoms with Crippen LogP contribution in [0.4, 0.5) is 13.2 Å². The molecule has 2 heterocycles. The molecule has 2 N–H and O–H groups in total. The van der Waals surface area contributed by atoms with E-state index in [-0.39, 0.29) is 23.7 Å². The van der Waals surface area contributed by atoms with Crippen molar-refractivity contribution >= 4 is 17.8 Å². The molecule has 11 heteroatoms. The second-order valence-electron chi connectivity index (χ2n) is 11.1. The number of aliphatic hydroxyl groups is 1. The van der Waals surface area contributed by atoms with Crippen LogP contribution in [0.1, 0.15) is 40.7 Å². The molecule has 5 atom stereocenters. The number of hydrogen-bond donors (Lipinski definition) is 2. The third kappa shape index (κ3) is 3.97. The average Bonchev–Trinajstić information content (AvgIpc) is 3.26. The lowest BCUT2D eigenvalue weighted by Crippen LogP contribution is -2.79. The number of aromatic hydroxyl groups is 1. The van der Waals surface area contributed by atoms with Crippen LogP contribution in [-0.2, 0) is 10.2 Å². The number of amides is 1. The molecule has 8 nitrogen and oxygen atoms in total. The van der Waals surface area contributed by atoms with Gasteiger partial charge in [-0.1, -0.05) is 18.2 Å². The Morgan fingerprint density at radius 1 is 1.29 bits per heavy atom. The van der Waals surface area contributed by atoms with E-state index in [1.165, 1.54) is 41.3 Å². The van der Waals surface area contributed by atoms with Crippen LogP contribution in [0.5, 0.6) is 17.2 Å². The highest BCUT2D eigenvalue weighted by molar-refractivity contribution is 6.06. The van der Waals surface area contributed by atoms with E-state index in [4.69, 9.17) is 4.74 Å². The fraction of sp³-hybridized carbons (Fsp3) is 0.400. The first-order valence-corrected chi connectivity index (χ1v) is 13.4. The Balaban J connectivity index is 1.33. The molecule has 1 amide bonds. The molecule has 2 aliphatic carbocycles. The summed E-state index contributed by atoms with van der Waals surface area (Å²) in [6, 6.07) is 6.93. The van der Waals surface area contributed by atoms with Gasteiger partial charge in [-0.3, -0.25) is 14.5 Å². The van der Waals surface area contributed by atoms with E-state index >= 15 is 0 Å². The molecule has 2 aromatic rings. The summed E-state index contributed by atoms with van der Waals surface area (Å²) in [7, 11) is 1.60. The summed E-state index contributed by atoms with van der Waals surface area (Å²) in [6.07, 6.45) is -0.237. The van der Waals surface area contributed by atoms with Crippen molar-refractivity contribution in [3.8, 4) is 17.2 Å². The number of carbonyl (C=O) groups is 2. The van der Waals surface area contributed by atoms with Crippen LogP contribution in [0.15, 0.2) is 55.1 Å². The van der Waals surface area contributed by atoms with Crippen LogP contribution in [0.3, 0.4) is 0 Å². The van der Waals surface area contributed by atoms with Crippen LogP contribution in [0, 0.1) is 0 Å². The monoisotopic (exact) mass is 570 g/mol. The predicted molar refractivity (Wildman–Crippen MR) is 142 cm³/mol. The van der Waals surface area contributed by atoms with Gasteiger partial charge in [0.05, 0.1) is 11.5 Å². The van der Waals surface area contributed by atoms with Crippen LogP contribution in [0.2, 0.25) is 0 Å². The minimum absolute atomic E-state index is 0.136. The SMILES string of the molecule is C=CCN1CC[C@]23c4c5ccc(O)c4O[C@H]2[C@H](N(C)C(=O)C=Cc2cccc(OC(F)(F)F)c2)CC[C@@]3(O)[C@H]1C5=O. The number of ketones is 1. The van der Waals surface area contributed by atoms with E-state index < -0.39 is 47.2 Å². The fourth-order valence-corrected chi connectivity index (χ4v) is 7.49. The van der Waals surface area contributed by atoms with E-state index in [0.717, 1.165) is 0 Å². The number of phenolic OH excluding ortho intramolecular Hbond substituents is 1. The topological polar surface area (TPSA) is 99.5 Å². The predicted octanol–water partition coefficient (Wildman–Crippen LogP) is 3.81. The van der Waals surface area contributed by atoms with Gasteiger partial charge in [0.15, 0.2) is 17.3 Å². The second-order valence-corrected chi connectivity index (χ2v) is 11.1. The summed E-state index contributed by atoms with van der Waals surface area (Å²) >= 11 is 0. The molecule has 2 aromatic carbocycles. The number of likely N-dealkylation sites (N-methyl/N-ethyl adjacent to an activating group) is 1. The molecule has 4 aliphatic rings. The number of rotatable bonds is 6. The zero-order valence-electron chi connectivity index (χ0n) is 22.2. The van der Waals surface area contributed by atoms with E-state index in [2.05, 4.69) is 11.3 Å². The summed E-state index contributed by atoms with van der Waals surface area (Å²) < 4.78 is 48.2. The standard InChI is InChI=1S/C30H29F3N2O6/c1-3-14-35-15-13-28-23-19-8-9-21(36)25(23)40-27(28)20(11-12-29(28,39)26(35)24(19)38)34(2)22(37)10-7-17-5-4-6-18(16-17)41-30(31,32)33/h3-10,16,20,26-27,36,39H,1,11-15H2,2H3/t20-,26-,27+,28+,29-/m1/s1. The van der Waals surface area contributed by atoms with Crippen LogP contribution >= 0.6 is 0 Å². The number of phenols is 1. The molecule has 2 fully saturated rings. The van der Waals surface area contributed by atoms with Crippen molar-refractivity contribution in [1.82, 2.24) is 9.80 Å². The van der Waals surface area contributed by atoms with Gasteiger partial charge in [-0.25, -0.2) is 0 Å². The molecule has 1 spiro atoms. The first-order chi connectivity index (χ1) is 19.4. The highest BCUT2D eigenvalue weighted by Gasteiger charge is 2.75. The first-order valence-electron chi connectivity index (χ1n) is 13.4. The molecule has 0 unspecified atom stereocenters. The van der Waals surface area contributed by atoms with Crippen molar-refractivity contribution in [3.63, 3.8) is 0 Å². The van der Waals surface area contributed by atoms with E-state index in [0.29, 0.717) is 42.6 Å². The van der Waals surface area contributed by atoms with Crippen LogP contribution in [0.25, 0.3) is 6.08 Å². The number of alkyl halides is 3. The van der Waals surface area contributed by atoms with Crippen molar-refractivity contribution in [1.29, 1.82) is 0 Å². The maximum atomic E-state index is 13.8. The van der Waals surface area contributed by atoms with Crippen LogP contribution < -0.4 is 9.47 Å². The lowest BCUT2D eigenvalue weighted by Gasteiger charge is -2.63. The number of likely N-dealkylation sites (tertiary alicyclic amines) is 1. The number of hydrogen-bond acceptors (Lipinski definition) is 7. The number of Topliss-reactive ketones (excluding diaryl/α,β-unsaturated/α-hetero) is 1. The Morgan fingerprint density at radius 2 is 2.07 bits per heavy atom. The van der Waals surface area contributed by atoms with Gasteiger partial charge in [0.2, 0.25) is 5.91 Å². The maximum Gasteiger partial charge on any atom is 0.573 e. The molecule has 216 valence electrons. The molecule has 2 bridgehead atoms. The third-order valence-electron chi connectivity index (χ3n) is 9.10. The van der Waals surface area contributed by atoms with Gasteiger partial charge in [-0.05, 0) is 55.2 Å². The minimum Gasteiger partial charge on any atom is -0.504 e. The number of benzene rings is 2. The molecule has 0 radical (unpaired) electrons.